The number of fused-ring (bicyclic) bond motifs is 2. The number of rotatable bonds is 0. The van der Waals surface area contributed by atoms with E-state index in [9.17, 15) is 0 Å². The molecule has 4 rings (SSSR count). The van der Waals surface area contributed by atoms with Gasteiger partial charge in [0.05, 0.1) is 0 Å². The maximum absolute atomic E-state index is 6.00. The summed E-state index contributed by atoms with van der Waals surface area (Å²) in [6.07, 6.45) is 0. The predicted molar refractivity (Wildman–Crippen MR) is 98.6 cm³/mol. The van der Waals surface area contributed by atoms with Gasteiger partial charge in [0, 0.05) is 0 Å². The monoisotopic (exact) mass is 378 g/mol. The van der Waals surface area contributed by atoms with Crippen LogP contribution in [0.3, 0.4) is 0 Å². The molecule has 0 saturated carbocycles. The van der Waals surface area contributed by atoms with Gasteiger partial charge in [-0.15, -0.1) is 0 Å². The van der Waals surface area contributed by atoms with Gasteiger partial charge >= 0.3 is 58.3 Å². The standard InChI is InChI=1S/C20H24BO4.K/c1-19(2,3)13-7-9-15-17(11-13)24-21(22-15)23-16-10-8-14(20(4,5)6)12-18(16)25-21;/h7-12H,1-6H3;/q-1;+1. The van der Waals surface area contributed by atoms with Gasteiger partial charge in [0.1, 0.15) is 23.0 Å². The molecular formula is C20H24BKO4. The molecular weight excluding hydrogens is 354 g/mol. The molecule has 2 aromatic carbocycles. The Balaban J connectivity index is 0.00000196. The summed E-state index contributed by atoms with van der Waals surface area (Å²) >= 11 is 0. The van der Waals surface area contributed by atoms with E-state index in [2.05, 4.69) is 53.7 Å². The molecule has 26 heavy (non-hydrogen) atoms. The molecule has 2 aromatic rings. The summed E-state index contributed by atoms with van der Waals surface area (Å²) in [6.45, 7) is 10.7. The molecule has 1 spiro atoms. The topological polar surface area (TPSA) is 36.9 Å². The fourth-order valence-electron chi connectivity index (χ4n) is 3.09. The third-order valence-corrected chi connectivity index (χ3v) is 4.70. The smallest absolute Gasteiger partial charge is 0.609 e. The molecule has 0 N–H and O–H groups in total. The Labute approximate surface area is 198 Å². The van der Waals surface area contributed by atoms with Crippen LogP contribution in [0.1, 0.15) is 52.7 Å². The minimum Gasteiger partial charge on any atom is -0.609 e. The fourth-order valence-corrected chi connectivity index (χ4v) is 3.09. The summed E-state index contributed by atoms with van der Waals surface area (Å²) < 4.78 is 23.8. The van der Waals surface area contributed by atoms with Gasteiger partial charge in [0.25, 0.3) is 0 Å². The SMILES string of the molecule is CC(C)(C)c1ccc2c(c1)O[B-]1(O2)Oc2ccc(C(C)(C)C)cc2O1.[K+]. The van der Waals surface area contributed by atoms with E-state index in [-0.39, 0.29) is 62.2 Å². The molecule has 0 atom stereocenters. The van der Waals surface area contributed by atoms with Crippen LogP contribution in [0.5, 0.6) is 23.0 Å². The van der Waals surface area contributed by atoms with Crippen molar-refractivity contribution in [1.82, 2.24) is 0 Å². The van der Waals surface area contributed by atoms with Crippen molar-refractivity contribution in [3.8, 4) is 23.0 Å². The molecule has 6 heteroatoms. The van der Waals surface area contributed by atoms with Crippen LogP contribution < -0.4 is 70.0 Å². The summed E-state index contributed by atoms with van der Waals surface area (Å²) in [5.41, 5.74) is 2.41. The number of hydrogen-bond acceptors (Lipinski definition) is 4. The minimum absolute atomic E-state index is 0. The fraction of sp³-hybridized carbons (Fsp3) is 0.400. The molecule has 0 radical (unpaired) electrons. The van der Waals surface area contributed by atoms with E-state index in [0.717, 1.165) is 0 Å². The Morgan fingerprint density at radius 2 is 0.923 bits per heavy atom. The Bertz CT molecular complexity index is 780. The summed E-state index contributed by atoms with van der Waals surface area (Å²) in [5, 5.41) is 0. The molecule has 2 aliphatic heterocycles. The van der Waals surface area contributed by atoms with Gasteiger partial charge in [0.2, 0.25) is 0 Å². The Hall–Kier alpha value is -0.659. The van der Waals surface area contributed by atoms with Gasteiger partial charge in [-0.25, -0.2) is 0 Å². The average molecular weight is 378 g/mol. The van der Waals surface area contributed by atoms with Gasteiger partial charge in [-0.1, -0.05) is 53.7 Å². The first-order chi connectivity index (χ1) is 11.6. The van der Waals surface area contributed by atoms with Crippen LogP contribution in [0.4, 0.5) is 0 Å². The van der Waals surface area contributed by atoms with E-state index in [1.54, 1.807) is 0 Å². The molecule has 2 heterocycles. The average Bonchev–Trinajstić information content (AvgIpc) is 3.01. The van der Waals surface area contributed by atoms with Crippen LogP contribution in [0.25, 0.3) is 0 Å². The molecule has 0 aliphatic carbocycles. The zero-order chi connectivity index (χ0) is 18.0. The quantitative estimate of drug-likeness (QED) is 0.657. The van der Waals surface area contributed by atoms with Crippen LogP contribution in [0.15, 0.2) is 36.4 Å². The van der Waals surface area contributed by atoms with E-state index in [4.69, 9.17) is 18.6 Å². The summed E-state index contributed by atoms with van der Waals surface area (Å²) in [7, 11) is 0. The van der Waals surface area contributed by atoms with Crippen LogP contribution >= 0.6 is 0 Å². The third kappa shape index (κ3) is 3.54. The van der Waals surface area contributed by atoms with Gasteiger partial charge in [-0.05, 0) is 46.2 Å². The molecule has 4 nitrogen and oxygen atoms in total. The van der Waals surface area contributed by atoms with Gasteiger partial charge in [0.15, 0.2) is 0 Å². The third-order valence-electron chi connectivity index (χ3n) is 4.70. The van der Waals surface area contributed by atoms with Crippen molar-refractivity contribution in [2.24, 2.45) is 0 Å². The summed E-state index contributed by atoms with van der Waals surface area (Å²) in [4.78, 5) is 0. The van der Waals surface area contributed by atoms with E-state index in [1.807, 2.05) is 24.3 Å². The first kappa shape index (κ1) is 20.1. The van der Waals surface area contributed by atoms with Crippen molar-refractivity contribution in [3.63, 3.8) is 0 Å². The van der Waals surface area contributed by atoms with Crippen LogP contribution in [-0.2, 0) is 10.8 Å². The second kappa shape index (κ2) is 6.45. The molecule has 0 aromatic heterocycles. The zero-order valence-electron chi connectivity index (χ0n) is 16.7. The van der Waals surface area contributed by atoms with Gasteiger partial charge < -0.3 is 18.6 Å². The summed E-state index contributed by atoms with van der Waals surface area (Å²) in [6, 6.07) is 11.9. The molecule has 132 valence electrons. The van der Waals surface area contributed by atoms with Gasteiger partial charge in [-0.2, -0.15) is 0 Å². The van der Waals surface area contributed by atoms with Crippen LogP contribution in [0, 0.1) is 0 Å². The largest absolute Gasteiger partial charge is 1.00 e. The van der Waals surface area contributed by atoms with Crippen molar-refractivity contribution in [2.45, 2.75) is 52.4 Å². The van der Waals surface area contributed by atoms with E-state index >= 15 is 0 Å². The van der Waals surface area contributed by atoms with Crippen LogP contribution in [-0.4, -0.2) is 6.96 Å². The van der Waals surface area contributed by atoms with Crippen molar-refractivity contribution in [1.29, 1.82) is 0 Å². The van der Waals surface area contributed by atoms with Crippen LogP contribution in [0.2, 0.25) is 0 Å². The second-order valence-corrected chi connectivity index (χ2v) is 8.87. The maximum Gasteiger partial charge on any atom is 1.00 e. The molecule has 0 bridgehead atoms. The van der Waals surface area contributed by atoms with E-state index in [0.29, 0.717) is 23.0 Å². The number of benzene rings is 2. The normalized spacial score (nSPS) is 16.5. The minimum atomic E-state index is -2.32. The first-order valence-electron chi connectivity index (χ1n) is 8.74. The van der Waals surface area contributed by atoms with E-state index < -0.39 is 6.96 Å². The van der Waals surface area contributed by atoms with E-state index in [1.165, 1.54) is 11.1 Å². The molecule has 0 amide bonds. The van der Waals surface area contributed by atoms with Crippen molar-refractivity contribution < 1.29 is 70.0 Å². The van der Waals surface area contributed by atoms with Crippen molar-refractivity contribution in [3.05, 3.63) is 47.5 Å². The maximum atomic E-state index is 6.00. The zero-order valence-corrected chi connectivity index (χ0v) is 19.8. The van der Waals surface area contributed by atoms with Crippen molar-refractivity contribution in [2.75, 3.05) is 0 Å². The Morgan fingerprint density at radius 3 is 1.27 bits per heavy atom. The second-order valence-electron chi connectivity index (χ2n) is 8.87. The Kier molecular flexibility index (Phi) is 4.98. The Morgan fingerprint density at radius 1 is 0.577 bits per heavy atom. The molecule has 2 aliphatic rings. The molecule has 0 unspecified atom stereocenters. The summed E-state index contributed by atoms with van der Waals surface area (Å²) in [5.74, 6) is 2.63. The molecule has 0 saturated heterocycles. The first-order valence-corrected chi connectivity index (χ1v) is 8.74. The number of hydrogen-bond donors (Lipinski definition) is 0. The molecule has 0 fully saturated rings. The predicted octanol–water partition coefficient (Wildman–Crippen LogP) is 1.96. The van der Waals surface area contributed by atoms with Gasteiger partial charge in [-0.3, -0.25) is 0 Å². The van der Waals surface area contributed by atoms with Crippen molar-refractivity contribution >= 4 is 6.96 Å².